The fourth-order valence-corrected chi connectivity index (χ4v) is 3.68. The molecule has 1 saturated carbocycles. The predicted molar refractivity (Wildman–Crippen MR) is 71.2 cm³/mol. The molecule has 1 nitrogen and oxygen atoms in total. The van der Waals surface area contributed by atoms with Crippen LogP contribution in [0.4, 0.5) is 0 Å². The summed E-state index contributed by atoms with van der Waals surface area (Å²) in [6.45, 7) is 2.53. The van der Waals surface area contributed by atoms with Crippen molar-refractivity contribution in [3.05, 3.63) is 48.0 Å². The number of rotatable bonds is 1. The fourth-order valence-electron chi connectivity index (χ4n) is 3.68. The number of benzene rings is 2. The molecule has 0 bridgehead atoms. The molecule has 1 heterocycles. The van der Waals surface area contributed by atoms with E-state index in [-0.39, 0.29) is 0 Å². The lowest BCUT2D eigenvalue weighted by Crippen LogP contribution is -2.22. The largest absolute Gasteiger partial charge is 0.305 e. The first kappa shape index (κ1) is 9.67. The molecule has 2 atom stereocenters. The molecule has 0 aromatic heterocycles. The van der Waals surface area contributed by atoms with Crippen LogP contribution in [-0.2, 0) is 5.41 Å². The molecule has 1 saturated heterocycles. The zero-order chi connectivity index (χ0) is 11.5. The molecule has 86 valence electrons. The Labute approximate surface area is 102 Å². The van der Waals surface area contributed by atoms with Crippen molar-refractivity contribution < 1.29 is 0 Å². The zero-order valence-electron chi connectivity index (χ0n) is 10.2. The second kappa shape index (κ2) is 3.11. The summed E-state index contributed by atoms with van der Waals surface area (Å²) in [5.41, 5.74) is 2.06. The van der Waals surface area contributed by atoms with Crippen molar-refractivity contribution in [2.75, 3.05) is 20.1 Å². The lowest BCUT2D eigenvalue weighted by molar-refractivity contribution is 0.363. The highest BCUT2D eigenvalue weighted by atomic mass is 15.2. The summed E-state index contributed by atoms with van der Waals surface area (Å²) in [5.74, 6) is 0.911. The van der Waals surface area contributed by atoms with Crippen LogP contribution < -0.4 is 0 Å². The van der Waals surface area contributed by atoms with Crippen LogP contribution in [0.5, 0.6) is 0 Å². The molecular formula is C16H17N. The van der Waals surface area contributed by atoms with Gasteiger partial charge in [-0.15, -0.1) is 0 Å². The smallest absolute Gasteiger partial charge is 0.0124 e. The van der Waals surface area contributed by atoms with E-state index < -0.39 is 0 Å². The number of nitrogens with zero attached hydrogens (tertiary/aromatic N) is 1. The van der Waals surface area contributed by atoms with Gasteiger partial charge in [-0.1, -0.05) is 42.5 Å². The van der Waals surface area contributed by atoms with Gasteiger partial charge in [0, 0.05) is 18.5 Å². The zero-order valence-corrected chi connectivity index (χ0v) is 10.2. The van der Waals surface area contributed by atoms with Crippen LogP contribution in [0.25, 0.3) is 10.8 Å². The van der Waals surface area contributed by atoms with Gasteiger partial charge >= 0.3 is 0 Å². The van der Waals surface area contributed by atoms with Crippen molar-refractivity contribution in [1.82, 2.24) is 4.90 Å². The first-order valence-corrected chi connectivity index (χ1v) is 6.46. The van der Waals surface area contributed by atoms with Crippen LogP contribution in [0.15, 0.2) is 42.5 Å². The molecule has 0 radical (unpaired) electrons. The van der Waals surface area contributed by atoms with Gasteiger partial charge in [0.1, 0.15) is 0 Å². The van der Waals surface area contributed by atoms with Crippen LogP contribution in [-0.4, -0.2) is 25.0 Å². The van der Waals surface area contributed by atoms with Gasteiger partial charge in [-0.3, -0.25) is 0 Å². The Kier molecular flexibility index (Phi) is 1.77. The third kappa shape index (κ3) is 1.29. The van der Waals surface area contributed by atoms with Crippen LogP contribution in [0, 0.1) is 5.92 Å². The van der Waals surface area contributed by atoms with E-state index in [9.17, 15) is 0 Å². The van der Waals surface area contributed by atoms with Crippen molar-refractivity contribution in [1.29, 1.82) is 0 Å². The lowest BCUT2D eigenvalue weighted by Gasteiger charge is -2.17. The average Bonchev–Trinajstić information content (AvgIpc) is 2.93. The number of likely N-dealkylation sites (tertiary alicyclic amines) is 1. The minimum atomic E-state index is 0.499. The van der Waals surface area contributed by atoms with Crippen molar-refractivity contribution in [2.24, 2.45) is 5.92 Å². The minimum Gasteiger partial charge on any atom is -0.305 e. The fraction of sp³-hybridized carbons (Fsp3) is 0.375. The lowest BCUT2D eigenvalue weighted by atomic mass is 9.93. The maximum Gasteiger partial charge on any atom is 0.0124 e. The van der Waals surface area contributed by atoms with Gasteiger partial charge in [-0.2, -0.15) is 0 Å². The SMILES string of the molecule is CN1CC2C[C@@]2(c2ccc3ccccc3c2)C1. The van der Waals surface area contributed by atoms with E-state index in [0.29, 0.717) is 5.41 Å². The first-order chi connectivity index (χ1) is 8.28. The Balaban J connectivity index is 1.82. The van der Waals surface area contributed by atoms with Gasteiger partial charge < -0.3 is 4.90 Å². The van der Waals surface area contributed by atoms with Crippen LogP contribution >= 0.6 is 0 Å². The highest BCUT2D eigenvalue weighted by Crippen LogP contribution is 2.58. The highest BCUT2D eigenvalue weighted by Gasteiger charge is 2.59. The van der Waals surface area contributed by atoms with E-state index in [4.69, 9.17) is 0 Å². The topological polar surface area (TPSA) is 3.24 Å². The van der Waals surface area contributed by atoms with Crippen LogP contribution in [0.1, 0.15) is 12.0 Å². The third-order valence-corrected chi connectivity index (χ3v) is 4.64. The summed E-state index contributed by atoms with van der Waals surface area (Å²) in [4.78, 5) is 2.48. The van der Waals surface area contributed by atoms with Crippen molar-refractivity contribution in [2.45, 2.75) is 11.8 Å². The second-order valence-electron chi connectivity index (χ2n) is 5.82. The number of hydrogen-bond donors (Lipinski definition) is 0. The molecule has 2 aliphatic rings. The molecule has 2 aromatic rings. The second-order valence-corrected chi connectivity index (χ2v) is 5.82. The van der Waals surface area contributed by atoms with Crippen LogP contribution in [0.3, 0.4) is 0 Å². The summed E-state index contributed by atoms with van der Waals surface area (Å²) in [5, 5.41) is 2.75. The summed E-state index contributed by atoms with van der Waals surface area (Å²) < 4.78 is 0. The molecule has 1 heteroatoms. The van der Waals surface area contributed by atoms with E-state index in [1.165, 1.54) is 30.3 Å². The first-order valence-electron chi connectivity index (χ1n) is 6.46. The monoisotopic (exact) mass is 223 g/mol. The Morgan fingerprint density at radius 3 is 2.71 bits per heavy atom. The van der Waals surface area contributed by atoms with E-state index in [0.717, 1.165) is 5.92 Å². The quantitative estimate of drug-likeness (QED) is 0.718. The van der Waals surface area contributed by atoms with Crippen LogP contribution in [0.2, 0.25) is 0 Å². The Hall–Kier alpha value is -1.34. The van der Waals surface area contributed by atoms with Gasteiger partial charge in [-0.05, 0) is 35.7 Å². The predicted octanol–water partition coefficient (Wildman–Crippen LogP) is 3.04. The summed E-state index contributed by atoms with van der Waals surface area (Å²) in [7, 11) is 2.24. The highest BCUT2D eigenvalue weighted by molar-refractivity contribution is 5.83. The minimum absolute atomic E-state index is 0.499. The summed E-state index contributed by atoms with van der Waals surface area (Å²) >= 11 is 0. The molecular weight excluding hydrogens is 206 g/mol. The van der Waals surface area contributed by atoms with Gasteiger partial charge in [0.25, 0.3) is 0 Å². The number of piperidine rings is 1. The Morgan fingerprint density at radius 2 is 1.94 bits per heavy atom. The molecule has 0 spiro atoms. The average molecular weight is 223 g/mol. The molecule has 4 rings (SSSR count). The molecule has 1 aliphatic heterocycles. The van der Waals surface area contributed by atoms with E-state index in [1.807, 2.05) is 0 Å². The summed E-state index contributed by atoms with van der Waals surface area (Å²) in [6, 6.07) is 15.7. The Bertz CT molecular complexity index is 589. The number of fused-ring (bicyclic) bond motifs is 2. The molecule has 2 fully saturated rings. The van der Waals surface area contributed by atoms with Gasteiger partial charge in [0.15, 0.2) is 0 Å². The Morgan fingerprint density at radius 1 is 1.12 bits per heavy atom. The maximum atomic E-state index is 2.48. The number of hydrogen-bond acceptors (Lipinski definition) is 1. The molecule has 1 unspecified atom stereocenters. The number of likely N-dealkylation sites (N-methyl/N-ethyl adjacent to an activating group) is 1. The molecule has 17 heavy (non-hydrogen) atoms. The van der Waals surface area contributed by atoms with Gasteiger partial charge in [-0.25, -0.2) is 0 Å². The molecule has 1 aliphatic carbocycles. The molecule has 0 amide bonds. The maximum absolute atomic E-state index is 2.48. The van der Waals surface area contributed by atoms with Crippen molar-refractivity contribution in [3.8, 4) is 0 Å². The van der Waals surface area contributed by atoms with Crippen molar-refractivity contribution in [3.63, 3.8) is 0 Å². The third-order valence-electron chi connectivity index (χ3n) is 4.64. The summed E-state index contributed by atoms with van der Waals surface area (Å²) in [6.07, 6.45) is 1.40. The van der Waals surface area contributed by atoms with Crippen molar-refractivity contribution >= 4 is 10.8 Å². The van der Waals surface area contributed by atoms with E-state index in [2.05, 4.69) is 54.4 Å². The van der Waals surface area contributed by atoms with Gasteiger partial charge in [0.2, 0.25) is 0 Å². The molecule has 2 aromatic carbocycles. The normalized spacial score (nSPS) is 31.7. The van der Waals surface area contributed by atoms with E-state index in [1.54, 1.807) is 5.56 Å². The molecule has 0 N–H and O–H groups in total. The van der Waals surface area contributed by atoms with E-state index >= 15 is 0 Å². The van der Waals surface area contributed by atoms with Gasteiger partial charge in [0.05, 0.1) is 0 Å². The standard InChI is InChI=1S/C16H17N/c1-17-10-15-9-16(15,11-17)14-7-6-12-4-2-3-5-13(12)8-14/h2-8,15H,9-11H2,1H3/t15?,16-/m0/s1.